The van der Waals surface area contributed by atoms with Crippen LogP contribution in [-0.4, -0.2) is 43.6 Å². The van der Waals surface area contributed by atoms with Gasteiger partial charge in [0.25, 0.3) is 0 Å². The van der Waals surface area contributed by atoms with E-state index in [1.165, 1.54) is 4.31 Å². The molecule has 1 aromatic rings. The van der Waals surface area contributed by atoms with Crippen LogP contribution < -0.4 is 5.73 Å². The number of rotatable bonds is 5. The Morgan fingerprint density at radius 2 is 2.15 bits per heavy atom. The number of nitrogens with zero attached hydrogens (tertiary/aromatic N) is 2. The number of aromatic nitrogens is 1. The largest absolute Gasteiger partial charge is 0.380 e. The molecule has 1 atom stereocenters. The zero-order valence-corrected chi connectivity index (χ0v) is 12.5. The predicted octanol–water partition coefficient (Wildman–Crippen LogP) is 0.691. The molecule has 2 heterocycles. The standard InChI is InChI=1S/C13H21N3O3S/c1-19-12-4-5-15(8-12)20(17,18)13-6-11(7-14)16(9-13)10-2-3-10/h6,9-10,12H,2-5,7-8,14H2,1H3. The number of hydrogen-bond donors (Lipinski definition) is 1. The fourth-order valence-electron chi connectivity index (χ4n) is 2.75. The highest BCUT2D eigenvalue weighted by atomic mass is 32.2. The number of methoxy groups -OCH3 is 1. The van der Waals surface area contributed by atoms with Crippen LogP contribution >= 0.6 is 0 Å². The van der Waals surface area contributed by atoms with Gasteiger partial charge in [-0.3, -0.25) is 0 Å². The van der Waals surface area contributed by atoms with Crippen LogP contribution in [0.1, 0.15) is 31.0 Å². The summed E-state index contributed by atoms with van der Waals surface area (Å²) in [6.07, 6.45) is 4.72. The summed E-state index contributed by atoms with van der Waals surface area (Å²) in [4.78, 5) is 0.363. The first kappa shape index (κ1) is 14.1. The maximum atomic E-state index is 12.6. The van der Waals surface area contributed by atoms with E-state index in [4.69, 9.17) is 10.5 Å². The Bertz CT molecular complexity index is 592. The average Bonchev–Trinajstić information content (AvgIpc) is 3.01. The van der Waals surface area contributed by atoms with Crippen molar-refractivity contribution in [1.82, 2.24) is 8.87 Å². The third-order valence-electron chi connectivity index (χ3n) is 4.14. The molecule has 3 rings (SSSR count). The molecule has 1 saturated heterocycles. The van der Waals surface area contributed by atoms with E-state index in [0.717, 1.165) is 25.0 Å². The van der Waals surface area contributed by atoms with Crippen molar-refractivity contribution in [3.05, 3.63) is 18.0 Å². The van der Waals surface area contributed by atoms with E-state index < -0.39 is 10.0 Å². The summed E-state index contributed by atoms with van der Waals surface area (Å²) < 4.78 is 34.0. The Labute approximate surface area is 119 Å². The molecule has 1 unspecified atom stereocenters. The lowest BCUT2D eigenvalue weighted by Crippen LogP contribution is -2.29. The van der Waals surface area contributed by atoms with Crippen molar-refractivity contribution < 1.29 is 13.2 Å². The number of hydrogen-bond acceptors (Lipinski definition) is 4. The van der Waals surface area contributed by atoms with Gasteiger partial charge in [0.15, 0.2) is 0 Å². The molecule has 1 saturated carbocycles. The Kier molecular flexibility index (Phi) is 3.62. The van der Waals surface area contributed by atoms with Crippen LogP contribution in [0.5, 0.6) is 0 Å². The summed E-state index contributed by atoms with van der Waals surface area (Å²) in [6, 6.07) is 2.15. The summed E-state index contributed by atoms with van der Waals surface area (Å²) >= 11 is 0. The first-order valence-corrected chi connectivity index (χ1v) is 8.44. The van der Waals surface area contributed by atoms with Crippen LogP contribution in [0.15, 0.2) is 17.2 Å². The van der Waals surface area contributed by atoms with Crippen molar-refractivity contribution in [2.24, 2.45) is 5.73 Å². The van der Waals surface area contributed by atoms with Crippen molar-refractivity contribution in [3.8, 4) is 0 Å². The SMILES string of the molecule is COC1CCN(S(=O)(=O)c2cc(CN)n(C3CC3)c2)C1. The van der Waals surface area contributed by atoms with Gasteiger partial charge in [0.05, 0.1) is 6.10 Å². The minimum absolute atomic E-state index is 0.00396. The highest BCUT2D eigenvalue weighted by Gasteiger charge is 2.35. The molecule has 1 aromatic heterocycles. The molecule has 20 heavy (non-hydrogen) atoms. The van der Waals surface area contributed by atoms with Crippen LogP contribution in [-0.2, 0) is 21.3 Å². The number of sulfonamides is 1. The molecular weight excluding hydrogens is 278 g/mol. The Morgan fingerprint density at radius 1 is 1.40 bits per heavy atom. The first-order valence-electron chi connectivity index (χ1n) is 7.00. The van der Waals surface area contributed by atoms with Crippen LogP contribution in [0.25, 0.3) is 0 Å². The van der Waals surface area contributed by atoms with E-state index in [9.17, 15) is 8.42 Å². The highest BCUT2D eigenvalue weighted by Crippen LogP contribution is 2.37. The molecule has 6 nitrogen and oxygen atoms in total. The second kappa shape index (κ2) is 5.14. The van der Waals surface area contributed by atoms with E-state index in [1.54, 1.807) is 19.4 Å². The van der Waals surface area contributed by atoms with Crippen LogP contribution in [0, 0.1) is 0 Å². The fraction of sp³-hybridized carbons (Fsp3) is 0.692. The lowest BCUT2D eigenvalue weighted by atomic mass is 10.3. The van der Waals surface area contributed by atoms with Gasteiger partial charge >= 0.3 is 0 Å². The summed E-state index contributed by atoms with van der Waals surface area (Å²) in [6.45, 7) is 1.32. The zero-order valence-electron chi connectivity index (χ0n) is 11.7. The van der Waals surface area contributed by atoms with Crippen LogP contribution in [0.2, 0.25) is 0 Å². The lowest BCUT2D eigenvalue weighted by molar-refractivity contribution is 0.115. The van der Waals surface area contributed by atoms with E-state index in [2.05, 4.69) is 0 Å². The van der Waals surface area contributed by atoms with Gasteiger partial charge in [-0.1, -0.05) is 0 Å². The van der Waals surface area contributed by atoms with E-state index >= 15 is 0 Å². The van der Waals surface area contributed by atoms with Gasteiger partial charge in [-0.05, 0) is 25.3 Å². The van der Waals surface area contributed by atoms with Crippen molar-refractivity contribution in [2.75, 3.05) is 20.2 Å². The molecule has 0 radical (unpaired) electrons. The molecule has 0 aromatic carbocycles. The van der Waals surface area contributed by atoms with Crippen molar-refractivity contribution in [2.45, 2.75) is 42.8 Å². The normalized spacial score (nSPS) is 24.4. The molecule has 0 spiro atoms. The van der Waals surface area contributed by atoms with Gasteiger partial charge in [0.1, 0.15) is 4.90 Å². The topological polar surface area (TPSA) is 77.6 Å². The Morgan fingerprint density at radius 3 is 2.70 bits per heavy atom. The van der Waals surface area contributed by atoms with Gasteiger partial charge in [0.2, 0.25) is 10.0 Å². The molecule has 112 valence electrons. The van der Waals surface area contributed by atoms with Gasteiger partial charge in [-0.2, -0.15) is 4.31 Å². The molecule has 7 heteroatoms. The lowest BCUT2D eigenvalue weighted by Gasteiger charge is -2.15. The monoisotopic (exact) mass is 299 g/mol. The molecule has 2 aliphatic rings. The first-order chi connectivity index (χ1) is 9.56. The third kappa shape index (κ3) is 2.39. The molecule has 1 aliphatic heterocycles. The summed E-state index contributed by atoms with van der Waals surface area (Å²) in [5.74, 6) is 0. The molecule has 2 fully saturated rings. The fourth-order valence-corrected chi connectivity index (χ4v) is 4.29. The van der Waals surface area contributed by atoms with Crippen molar-refractivity contribution >= 4 is 10.0 Å². The number of nitrogens with two attached hydrogens (primary N) is 1. The van der Waals surface area contributed by atoms with Gasteiger partial charge in [-0.15, -0.1) is 0 Å². The molecule has 2 N–H and O–H groups in total. The second-order valence-corrected chi connectivity index (χ2v) is 7.46. The van der Waals surface area contributed by atoms with Gasteiger partial charge < -0.3 is 15.0 Å². The minimum atomic E-state index is -3.42. The average molecular weight is 299 g/mol. The van der Waals surface area contributed by atoms with E-state index in [-0.39, 0.29) is 6.10 Å². The minimum Gasteiger partial charge on any atom is -0.380 e. The van der Waals surface area contributed by atoms with Gasteiger partial charge in [-0.25, -0.2) is 8.42 Å². The molecule has 0 amide bonds. The maximum Gasteiger partial charge on any atom is 0.244 e. The quantitative estimate of drug-likeness (QED) is 0.868. The summed E-state index contributed by atoms with van der Waals surface area (Å²) in [5, 5.41) is 0. The van der Waals surface area contributed by atoms with E-state index in [0.29, 0.717) is 30.6 Å². The Balaban J connectivity index is 1.87. The van der Waals surface area contributed by atoms with Crippen molar-refractivity contribution in [3.63, 3.8) is 0 Å². The zero-order chi connectivity index (χ0) is 14.3. The Hall–Kier alpha value is -0.890. The van der Waals surface area contributed by atoms with Crippen LogP contribution in [0.4, 0.5) is 0 Å². The smallest absolute Gasteiger partial charge is 0.244 e. The summed E-state index contributed by atoms with van der Waals surface area (Å²) in [7, 11) is -1.80. The summed E-state index contributed by atoms with van der Waals surface area (Å²) in [5.41, 5.74) is 6.62. The van der Waals surface area contributed by atoms with Crippen molar-refractivity contribution in [1.29, 1.82) is 0 Å². The molecular formula is C13H21N3O3S. The van der Waals surface area contributed by atoms with Gasteiger partial charge in [0, 0.05) is 44.7 Å². The van der Waals surface area contributed by atoms with E-state index in [1.807, 2.05) is 4.57 Å². The maximum absolute atomic E-state index is 12.6. The number of ether oxygens (including phenoxy) is 1. The molecule has 1 aliphatic carbocycles. The highest BCUT2D eigenvalue weighted by molar-refractivity contribution is 7.89. The predicted molar refractivity (Wildman–Crippen MR) is 74.8 cm³/mol. The molecule has 0 bridgehead atoms. The third-order valence-corrected chi connectivity index (χ3v) is 5.97. The second-order valence-electron chi connectivity index (χ2n) is 5.52. The van der Waals surface area contributed by atoms with Crippen LogP contribution in [0.3, 0.4) is 0 Å².